The van der Waals surface area contributed by atoms with Gasteiger partial charge in [-0.1, -0.05) is 104 Å². The Morgan fingerprint density at radius 3 is 1.61 bits per heavy atom. The van der Waals surface area contributed by atoms with Gasteiger partial charge in [0.2, 0.25) is 5.79 Å². The first-order valence-corrected chi connectivity index (χ1v) is 11.9. The molecule has 0 heterocycles. The predicted molar refractivity (Wildman–Crippen MR) is 117 cm³/mol. The average molecular weight is 401 g/mol. The number of hydrogen-bond acceptors (Lipinski definition) is 4. The van der Waals surface area contributed by atoms with Crippen LogP contribution in [-0.2, 0) is 14.3 Å². The number of esters is 1. The van der Waals surface area contributed by atoms with Crippen molar-refractivity contribution >= 4 is 5.97 Å². The van der Waals surface area contributed by atoms with E-state index in [1.165, 1.54) is 90.4 Å². The molecule has 0 amide bonds. The molecule has 4 nitrogen and oxygen atoms in total. The van der Waals surface area contributed by atoms with Gasteiger partial charge in [-0.2, -0.15) is 0 Å². The molecule has 28 heavy (non-hydrogen) atoms. The summed E-state index contributed by atoms with van der Waals surface area (Å²) in [5.41, 5.74) is 0. The molecule has 0 bridgehead atoms. The summed E-state index contributed by atoms with van der Waals surface area (Å²) in [5.74, 6) is -2.02. The maximum absolute atomic E-state index is 11.1. The molecule has 0 aromatic rings. The molecule has 0 fully saturated rings. The van der Waals surface area contributed by atoms with E-state index in [1.54, 1.807) is 0 Å². The summed E-state index contributed by atoms with van der Waals surface area (Å²) >= 11 is 0. The third-order valence-corrected chi connectivity index (χ3v) is 5.47. The quantitative estimate of drug-likeness (QED) is 0.139. The lowest BCUT2D eigenvalue weighted by Gasteiger charge is -2.31. The minimum Gasteiger partial charge on any atom is -0.433 e. The Labute approximate surface area is 174 Å². The zero-order valence-electron chi connectivity index (χ0n) is 19.3. The Bertz CT molecular complexity index is 357. The maximum atomic E-state index is 11.1. The van der Waals surface area contributed by atoms with Gasteiger partial charge in [0.25, 0.3) is 0 Å². The standard InChI is InChI=1S/C24H48O4/c1-5-6-7-8-9-10-11-12-13-14-15-16-17-18-20-27-21-19-24(26,22(2)3)28-23(4)25/h22,26H,5-21H2,1-4H3. The van der Waals surface area contributed by atoms with Crippen molar-refractivity contribution in [3.63, 3.8) is 0 Å². The van der Waals surface area contributed by atoms with Crippen LogP contribution in [0.5, 0.6) is 0 Å². The summed E-state index contributed by atoms with van der Waals surface area (Å²) in [6.45, 7) is 8.41. The van der Waals surface area contributed by atoms with Crippen LogP contribution in [0.3, 0.4) is 0 Å². The molecule has 1 unspecified atom stereocenters. The maximum Gasteiger partial charge on any atom is 0.305 e. The van der Waals surface area contributed by atoms with Crippen molar-refractivity contribution in [3.05, 3.63) is 0 Å². The zero-order valence-corrected chi connectivity index (χ0v) is 19.3. The van der Waals surface area contributed by atoms with E-state index in [2.05, 4.69) is 6.92 Å². The molecule has 0 aromatic heterocycles. The lowest BCUT2D eigenvalue weighted by atomic mass is 10.00. The molecular weight excluding hydrogens is 352 g/mol. The van der Waals surface area contributed by atoms with Crippen molar-refractivity contribution in [3.8, 4) is 0 Å². The molecule has 0 aromatic carbocycles. The Morgan fingerprint density at radius 1 is 0.786 bits per heavy atom. The first-order chi connectivity index (χ1) is 13.4. The molecule has 0 aliphatic heterocycles. The lowest BCUT2D eigenvalue weighted by Crippen LogP contribution is -2.40. The summed E-state index contributed by atoms with van der Waals surface area (Å²) in [6, 6.07) is 0. The van der Waals surface area contributed by atoms with E-state index in [0.29, 0.717) is 19.6 Å². The van der Waals surface area contributed by atoms with Crippen LogP contribution in [0.4, 0.5) is 0 Å². The van der Waals surface area contributed by atoms with Crippen LogP contribution in [0.1, 0.15) is 124 Å². The number of ether oxygens (including phenoxy) is 2. The Hall–Kier alpha value is -0.610. The van der Waals surface area contributed by atoms with E-state index in [9.17, 15) is 9.90 Å². The first-order valence-electron chi connectivity index (χ1n) is 11.9. The third-order valence-electron chi connectivity index (χ3n) is 5.47. The Morgan fingerprint density at radius 2 is 1.21 bits per heavy atom. The van der Waals surface area contributed by atoms with Crippen molar-refractivity contribution in [2.45, 2.75) is 130 Å². The van der Waals surface area contributed by atoms with Crippen LogP contribution in [0, 0.1) is 5.92 Å². The van der Waals surface area contributed by atoms with Crippen LogP contribution in [0.15, 0.2) is 0 Å². The highest BCUT2D eigenvalue weighted by atomic mass is 16.7. The van der Waals surface area contributed by atoms with E-state index < -0.39 is 11.8 Å². The van der Waals surface area contributed by atoms with Gasteiger partial charge in [-0.3, -0.25) is 4.79 Å². The molecule has 0 aliphatic carbocycles. The summed E-state index contributed by atoms with van der Waals surface area (Å²) in [5, 5.41) is 10.4. The average Bonchev–Trinajstić information content (AvgIpc) is 2.63. The Balaban J connectivity index is 3.36. The third kappa shape index (κ3) is 16.4. The minimum absolute atomic E-state index is 0.152. The minimum atomic E-state index is -1.42. The molecule has 0 rings (SSSR count). The summed E-state index contributed by atoms with van der Waals surface area (Å²) < 4.78 is 10.7. The number of hydrogen-bond donors (Lipinski definition) is 1. The van der Waals surface area contributed by atoms with Crippen molar-refractivity contribution in [1.29, 1.82) is 0 Å². The molecule has 0 aliphatic rings. The topological polar surface area (TPSA) is 55.8 Å². The molecule has 1 atom stereocenters. The van der Waals surface area contributed by atoms with Gasteiger partial charge in [0, 0.05) is 25.9 Å². The van der Waals surface area contributed by atoms with Gasteiger partial charge in [-0.25, -0.2) is 0 Å². The van der Waals surface area contributed by atoms with Crippen molar-refractivity contribution in [2.75, 3.05) is 13.2 Å². The van der Waals surface area contributed by atoms with Crippen LogP contribution in [0.2, 0.25) is 0 Å². The van der Waals surface area contributed by atoms with Gasteiger partial charge in [-0.15, -0.1) is 0 Å². The largest absolute Gasteiger partial charge is 0.433 e. The summed E-state index contributed by atoms with van der Waals surface area (Å²) in [7, 11) is 0. The second-order valence-electron chi connectivity index (χ2n) is 8.55. The fourth-order valence-corrected chi connectivity index (χ4v) is 3.43. The van der Waals surface area contributed by atoms with Gasteiger partial charge in [0.1, 0.15) is 0 Å². The van der Waals surface area contributed by atoms with Crippen LogP contribution < -0.4 is 0 Å². The van der Waals surface area contributed by atoms with Crippen LogP contribution in [0.25, 0.3) is 0 Å². The molecule has 0 saturated heterocycles. The number of carbonyl (C=O) groups excluding carboxylic acids is 1. The van der Waals surface area contributed by atoms with E-state index in [1.807, 2.05) is 13.8 Å². The van der Waals surface area contributed by atoms with Gasteiger partial charge in [-0.05, 0) is 6.42 Å². The summed E-state index contributed by atoms with van der Waals surface area (Å²) in [4.78, 5) is 11.1. The molecule has 0 spiro atoms. The van der Waals surface area contributed by atoms with Gasteiger partial charge < -0.3 is 14.6 Å². The fourth-order valence-electron chi connectivity index (χ4n) is 3.43. The van der Waals surface area contributed by atoms with Crippen LogP contribution >= 0.6 is 0 Å². The normalized spacial score (nSPS) is 13.6. The molecule has 1 N–H and O–H groups in total. The number of aliphatic hydroxyl groups is 1. The zero-order chi connectivity index (χ0) is 21.1. The van der Waals surface area contributed by atoms with Gasteiger partial charge in [0.15, 0.2) is 0 Å². The van der Waals surface area contributed by atoms with Gasteiger partial charge >= 0.3 is 5.97 Å². The highest BCUT2D eigenvalue weighted by Gasteiger charge is 2.34. The fraction of sp³-hybridized carbons (Fsp3) is 0.958. The summed E-state index contributed by atoms with van der Waals surface area (Å²) in [6.07, 6.45) is 19.2. The smallest absolute Gasteiger partial charge is 0.305 e. The SMILES string of the molecule is CCCCCCCCCCCCCCCCOCCC(O)(OC(C)=O)C(C)C. The number of rotatable bonds is 20. The van der Waals surface area contributed by atoms with Gasteiger partial charge in [0.05, 0.1) is 6.61 Å². The lowest BCUT2D eigenvalue weighted by molar-refractivity contribution is -0.232. The molecule has 4 heteroatoms. The monoisotopic (exact) mass is 400 g/mol. The predicted octanol–water partition coefficient (Wildman–Crippen LogP) is 6.78. The Kier molecular flexibility index (Phi) is 18.0. The first kappa shape index (κ1) is 27.4. The van der Waals surface area contributed by atoms with Crippen molar-refractivity contribution in [1.82, 2.24) is 0 Å². The highest BCUT2D eigenvalue weighted by molar-refractivity contribution is 5.66. The molecular formula is C24H48O4. The van der Waals surface area contributed by atoms with E-state index >= 15 is 0 Å². The van der Waals surface area contributed by atoms with E-state index in [0.717, 1.165) is 6.42 Å². The van der Waals surface area contributed by atoms with Crippen molar-refractivity contribution in [2.24, 2.45) is 5.92 Å². The number of unbranched alkanes of at least 4 members (excludes halogenated alkanes) is 13. The molecule has 0 saturated carbocycles. The van der Waals surface area contributed by atoms with Crippen molar-refractivity contribution < 1.29 is 19.4 Å². The van der Waals surface area contributed by atoms with Crippen LogP contribution in [-0.4, -0.2) is 30.1 Å². The highest BCUT2D eigenvalue weighted by Crippen LogP contribution is 2.23. The van der Waals surface area contributed by atoms with E-state index in [4.69, 9.17) is 9.47 Å². The molecule has 0 radical (unpaired) electrons. The molecule has 168 valence electrons. The second kappa shape index (κ2) is 18.4. The van der Waals surface area contributed by atoms with E-state index in [-0.39, 0.29) is 5.92 Å². The second-order valence-corrected chi connectivity index (χ2v) is 8.55. The number of carbonyl (C=O) groups is 1.